The fraction of sp³-hybridized carbons (Fsp3) is 0.367. The molecule has 0 bridgehead atoms. The van der Waals surface area contributed by atoms with Gasteiger partial charge in [0, 0.05) is 24.9 Å². The summed E-state index contributed by atoms with van der Waals surface area (Å²) in [4.78, 5) is 5.91. The van der Waals surface area contributed by atoms with Gasteiger partial charge in [-0.05, 0) is 43.1 Å². The van der Waals surface area contributed by atoms with E-state index in [1.807, 2.05) is 48.5 Å². The molecule has 1 saturated heterocycles. The molecule has 9 heteroatoms. The normalized spacial score (nSPS) is 26.3. The number of nitriles is 2. The van der Waals surface area contributed by atoms with Gasteiger partial charge in [-0.2, -0.15) is 10.5 Å². The van der Waals surface area contributed by atoms with E-state index in [1.165, 1.54) is 7.11 Å². The second-order valence-corrected chi connectivity index (χ2v) is 10.2. The lowest BCUT2D eigenvalue weighted by atomic mass is 9.72. The molecule has 3 atom stereocenters. The van der Waals surface area contributed by atoms with Crippen molar-refractivity contribution in [1.29, 1.82) is 10.5 Å². The number of nitrogens with zero attached hydrogens (tertiary/aromatic N) is 4. The van der Waals surface area contributed by atoms with Gasteiger partial charge in [0.1, 0.15) is 23.1 Å². The lowest BCUT2D eigenvalue weighted by molar-refractivity contribution is -0.106. The molecule has 1 aromatic heterocycles. The molecule has 1 aliphatic carbocycles. The van der Waals surface area contributed by atoms with Crippen LogP contribution in [0.2, 0.25) is 0 Å². The molecular weight excluding hydrogens is 502 g/mol. The number of fused-ring (bicyclic) bond motifs is 3. The van der Waals surface area contributed by atoms with E-state index in [-0.39, 0.29) is 30.5 Å². The van der Waals surface area contributed by atoms with Crippen LogP contribution in [0.1, 0.15) is 53.1 Å². The maximum Gasteiger partial charge on any atom is 0.261 e. The number of aliphatic hydroxyl groups is 1. The Morgan fingerprint density at radius 2 is 1.79 bits per heavy atom. The summed E-state index contributed by atoms with van der Waals surface area (Å²) in [5.74, 6) is -1.97. The first-order valence-electron chi connectivity index (χ1n) is 12.7. The molecule has 3 unspecified atom stereocenters. The van der Waals surface area contributed by atoms with E-state index in [0.29, 0.717) is 36.3 Å². The monoisotopic (exact) mass is 530 g/mol. The van der Waals surface area contributed by atoms with Crippen LogP contribution in [-0.2, 0) is 11.2 Å². The molecule has 200 valence electrons. The maximum atomic E-state index is 12.2. The molecule has 6 rings (SSSR count). The van der Waals surface area contributed by atoms with Crippen molar-refractivity contribution in [3.05, 3.63) is 88.6 Å². The van der Waals surface area contributed by atoms with Crippen molar-refractivity contribution in [3.63, 3.8) is 0 Å². The standard InChI is InChI=1S/C25H19N3O3.C5H9F2N/c1-30-23-22-21(13-19(15-27)28-23)31-25(18-9-7-16(14-26)8-10-18)20(11-12-24(22,25)29)17-5-3-2-4-6-17;1-8-3-2-5(6,7)4-8/h2-10,13,20,29H,11-12H2,1H3;2-4H2,1H3. The molecule has 1 N–H and O–H groups in total. The number of benzene rings is 2. The zero-order valence-electron chi connectivity index (χ0n) is 21.7. The predicted octanol–water partition coefficient (Wildman–Crippen LogP) is 4.84. The first-order valence-corrected chi connectivity index (χ1v) is 12.7. The fourth-order valence-corrected chi connectivity index (χ4v) is 6.12. The van der Waals surface area contributed by atoms with Gasteiger partial charge in [-0.25, -0.2) is 13.8 Å². The Balaban J connectivity index is 0.000000332. The summed E-state index contributed by atoms with van der Waals surface area (Å²) >= 11 is 0. The summed E-state index contributed by atoms with van der Waals surface area (Å²) in [7, 11) is 3.18. The van der Waals surface area contributed by atoms with Gasteiger partial charge in [-0.3, -0.25) is 0 Å². The van der Waals surface area contributed by atoms with E-state index in [0.717, 1.165) is 11.1 Å². The number of methoxy groups -OCH3 is 1. The third-order valence-electron chi connectivity index (χ3n) is 7.85. The first-order chi connectivity index (χ1) is 18.7. The lowest BCUT2D eigenvalue weighted by Crippen LogP contribution is -2.48. The van der Waals surface area contributed by atoms with Crippen LogP contribution in [0.3, 0.4) is 0 Å². The molecule has 2 aromatic carbocycles. The van der Waals surface area contributed by atoms with Crippen LogP contribution >= 0.6 is 0 Å². The van der Waals surface area contributed by atoms with Crippen LogP contribution < -0.4 is 9.47 Å². The summed E-state index contributed by atoms with van der Waals surface area (Å²) in [5, 5.41) is 30.9. The SMILES string of the molecule is CN1CCC(F)(F)C1.COc1nc(C#N)cc2c1C1(O)CCC(c3ccccc3)C1(c1ccc(C#N)cc1)O2. The van der Waals surface area contributed by atoms with Crippen LogP contribution in [0.15, 0.2) is 60.7 Å². The van der Waals surface area contributed by atoms with Gasteiger partial charge in [0.05, 0.1) is 30.9 Å². The van der Waals surface area contributed by atoms with Crippen molar-refractivity contribution in [3.8, 4) is 23.8 Å². The zero-order chi connectivity index (χ0) is 27.8. The first kappa shape index (κ1) is 26.6. The van der Waals surface area contributed by atoms with Crippen LogP contribution in [0.4, 0.5) is 8.78 Å². The summed E-state index contributed by atoms with van der Waals surface area (Å²) in [6, 6.07) is 22.8. The molecule has 3 aliphatic rings. The number of pyridine rings is 1. The Kier molecular flexibility index (Phi) is 6.76. The molecule has 2 fully saturated rings. The second kappa shape index (κ2) is 9.92. The van der Waals surface area contributed by atoms with Crippen LogP contribution in [0.25, 0.3) is 0 Å². The minimum absolute atomic E-state index is 0.0312. The third-order valence-corrected chi connectivity index (χ3v) is 7.85. The number of hydrogen-bond acceptors (Lipinski definition) is 7. The predicted molar refractivity (Wildman–Crippen MR) is 138 cm³/mol. The quantitative estimate of drug-likeness (QED) is 0.517. The van der Waals surface area contributed by atoms with Crippen molar-refractivity contribution in [2.24, 2.45) is 0 Å². The Hall–Kier alpha value is -4.05. The number of alkyl halides is 2. The summed E-state index contributed by atoms with van der Waals surface area (Å²) in [6.45, 7) is 0.472. The van der Waals surface area contributed by atoms with Crippen LogP contribution in [-0.4, -0.2) is 48.2 Å². The van der Waals surface area contributed by atoms with Crippen molar-refractivity contribution < 1.29 is 23.4 Å². The largest absolute Gasteiger partial charge is 0.481 e. The molecule has 2 aliphatic heterocycles. The molecule has 1 saturated carbocycles. The Bertz CT molecular complexity index is 1450. The highest BCUT2D eigenvalue weighted by Gasteiger charge is 2.69. The van der Waals surface area contributed by atoms with Crippen LogP contribution in [0, 0.1) is 22.7 Å². The van der Waals surface area contributed by atoms with Gasteiger partial charge in [0.25, 0.3) is 5.92 Å². The van der Waals surface area contributed by atoms with Crippen molar-refractivity contribution in [1.82, 2.24) is 9.88 Å². The van der Waals surface area contributed by atoms with E-state index < -0.39 is 17.1 Å². The van der Waals surface area contributed by atoms with Gasteiger partial charge >= 0.3 is 0 Å². The van der Waals surface area contributed by atoms with E-state index in [2.05, 4.69) is 11.1 Å². The molecule has 39 heavy (non-hydrogen) atoms. The van der Waals surface area contributed by atoms with Crippen LogP contribution in [0.5, 0.6) is 11.6 Å². The molecule has 3 heterocycles. The molecule has 0 spiro atoms. The van der Waals surface area contributed by atoms with Gasteiger partial charge in [0.15, 0.2) is 5.60 Å². The van der Waals surface area contributed by atoms with E-state index in [1.54, 1.807) is 30.1 Å². The zero-order valence-corrected chi connectivity index (χ0v) is 21.7. The van der Waals surface area contributed by atoms with E-state index >= 15 is 0 Å². The Morgan fingerprint density at radius 3 is 2.33 bits per heavy atom. The number of rotatable bonds is 3. The number of hydrogen-bond donors (Lipinski definition) is 1. The molecule has 7 nitrogen and oxygen atoms in total. The van der Waals surface area contributed by atoms with Gasteiger partial charge in [0.2, 0.25) is 5.88 Å². The second-order valence-electron chi connectivity index (χ2n) is 10.2. The van der Waals surface area contributed by atoms with Gasteiger partial charge in [-0.15, -0.1) is 0 Å². The van der Waals surface area contributed by atoms with Gasteiger partial charge < -0.3 is 19.5 Å². The average Bonchev–Trinajstić information content (AvgIpc) is 3.52. The smallest absolute Gasteiger partial charge is 0.261 e. The topological polar surface area (TPSA) is 102 Å². The highest BCUT2D eigenvalue weighted by molar-refractivity contribution is 5.58. The summed E-state index contributed by atoms with van der Waals surface area (Å²) in [6.07, 6.45) is 1.15. The average molecular weight is 531 g/mol. The third kappa shape index (κ3) is 4.38. The van der Waals surface area contributed by atoms with Crippen molar-refractivity contribution >= 4 is 0 Å². The molecule has 3 aromatic rings. The maximum absolute atomic E-state index is 12.2. The van der Waals surface area contributed by atoms with E-state index in [9.17, 15) is 24.4 Å². The lowest BCUT2D eigenvalue weighted by Gasteiger charge is -2.40. The minimum Gasteiger partial charge on any atom is -0.481 e. The summed E-state index contributed by atoms with van der Waals surface area (Å²) < 4.78 is 36.4. The summed E-state index contributed by atoms with van der Waals surface area (Å²) in [5.41, 5.74) is 0.402. The number of likely N-dealkylation sites (tertiary alicyclic amines) is 1. The molecular formula is C30H28F2N4O3. The number of aromatic nitrogens is 1. The van der Waals surface area contributed by atoms with Gasteiger partial charge in [-0.1, -0.05) is 42.5 Å². The highest BCUT2D eigenvalue weighted by Crippen LogP contribution is 2.67. The fourth-order valence-electron chi connectivity index (χ4n) is 6.12. The Labute approximate surface area is 225 Å². The number of halogens is 2. The minimum atomic E-state index is -2.41. The number of ether oxygens (including phenoxy) is 2. The Morgan fingerprint density at radius 1 is 1.08 bits per heavy atom. The highest BCUT2D eigenvalue weighted by atomic mass is 19.3. The van der Waals surface area contributed by atoms with E-state index in [4.69, 9.17) is 9.47 Å². The molecule has 0 amide bonds. The van der Waals surface area contributed by atoms with Crippen molar-refractivity contribution in [2.75, 3.05) is 27.2 Å². The molecule has 0 radical (unpaired) electrons. The van der Waals surface area contributed by atoms with Crippen molar-refractivity contribution in [2.45, 2.75) is 42.3 Å².